The lowest BCUT2D eigenvalue weighted by Crippen LogP contribution is -2.09. The molecule has 2 aliphatic rings. The topological polar surface area (TPSA) is 26.3 Å². The maximum Gasteiger partial charge on any atom is 0.310 e. The summed E-state index contributed by atoms with van der Waals surface area (Å²) in [6.45, 7) is 4.44. The number of hydrogen-bond donors (Lipinski definition) is 0. The number of hydrogen-bond acceptors (Lipinski definition) is 2. The summed E-state index contributed by atoms with van der Waals surface area (Å²) in [5.74, 6) is 1.22. The van der Waals surface area contributed by atoms with E-state index in [0.29, 0.717) is 18.4 Å². The van der Waals surface area contributed by atoms with Gasteiger partial charge in [-0.05, 0) is 38.2 Å². The first kappa shape index (κ1) is 9.50. The minimum absolute atomic E-state index is 0.0122. The molecule has 0 spiro atoms. The van der Waals surface area contributed by atoms with Crippen molar-refractivity contribution in [2.75, 3.05) is 6.61 Å². The predicted octanol–water partition coefficient (Wildman–Crippen LogP) is 2.32. The van der Waals surface area contributed by atoms with Crippen molar-refractivity contribution in [1.82, 2.24) is 0 Å². The average molecular weight is 192 g/mol. The Morgan fingerprint density at radius 1 is 1.57 bits per heavy atom. The maximum atomic E-state index is 11.5. The van der Waals surface area contributed by atoms with Crippen LogP contribution >= 0.6 is 0 Å². The van der Waals surface area contributed by atoms with Crippen LogP contribution in [0.15, 0.2) is 23.8 Å². The molecule has 14 heavy (non-hydrogen) atoms. The zero-order valence-electron chi connectivity index (χ0n) is 8.69. The molecule has 2 aliphatic carbocycles. The fourth-order valence-electron chi connectivity index (χ4n) is 2.08. The largest absolute Gasteiger partial charge is 0.461 e. The van der Waals surface area contributed by atoms with Crippen molar-refractivity contribution in [3.05, 3.63) is 23.8 Å². The zero-order valence-corrected chi connectivity index (χ0v) is 8.69. The van der Waals surface area contributed by atoms with Crippen molar-refractivity contribution in [1.29, 1.82) is 0 Å². The quantitative estimate of drug-likeness (QED) is 0.506. The lowest BCUT2D eigenvalue weighted by Gasteiger charge is -2.01. The highest BCUT2D eigenvalue weighted by Gasteiger charge is 2.55. The Hall–Kier alpha value is -1.05. The minimum Gasteiger partial charge on any atom is -0.461 e. The number of ether oxygens (including phenoxy) is 1. The van der Waals surface area contributed by atoms with Gasteiger partial charge in [0.1, 0.15) is 6.61 Å². The second-order valence-electron chi connectivity index (χ2n) is 4.34. The monoisotopic (exact) mass is 192 g/mol. The van der Waals surface area contributed by atoms with Gasteiger partial charge in [0.15, 0.2) is 0 Å². The molecule has 2 heteroatoms. The minimum atomic E-state index is -0.0122. The van der Waals surface area contributed by atoms with Crippen molar-refractivity contribution in [3.8, 4) is 0 Å². The molecule has 0 aromatic heterocycles. The Kier molecular flexibility index (Phi) is 2.44. The van der Waals surface area contributed by atoms with Crippen LogP contribution in [0.5, 0.6) is 0 Å². The number of allylic oxidation sites excluding steroid dienone is 3. The molecular weight excluding hydrogens is 176 g/mol. The van der Waals surface area contributed by atoms with E-state index in [2.05, 4.69) is 12.2 Å². The molecule has 0 saturated heterocycles. The Morgan fingerprint density at radius 3 is 2.93 bits per heavy atom. The van der Waals surface area contributed by atoms with Crippen molar-refractivity contribution in [2.24, 2.45) is 17.8 Å². The molecule has 3 atom stereocenters. The third-order valence-electron chi connectivity index (χ3n) is 2.99. The first-order chi connectivity index (χ1) is 6.70. The summed E-state index contributed by atoms with van der Waals surface area (Å²) < 4.78 is 5.16. The second-order valence-corrected chi connectivity index (χ2v) is 4.34. The summed E-state index contributed by atoms with van der Waals surface area (Å²) in [6.07, 6.45) is 7.31. The lowest BCUT2D eigenvalue weighted by atomic mass is 10.2. The molecule has 0 amide bonds. The van der Waals surface area contributed by atoms with Crippen molar-refractivity contribution in [3.63, 3.8) is 0 Å². The van der Waals surface area contributed by atoms with Gasteiger partial charge in [0.05, 0.1) is 5.92 Å². The molecule has 0 N–H and O–H groups in total. The summed E-state index contributed by atoms with van der Waals surface area (Å²) in [5, 5.41) is 0. The Morgan fingerprint density at radius 2 is 2.36 bits per heavy atom. The molecule has 76 valence electrons. The molecule has 2 rings (SSSR count). The molecule has 0 aromatic carbocycles. The highest BCUT2D eigenvalue weighted by Crippen LogP contribution is 2.54. The maximum absolute atomic E-state index is 11.5. The van der Waals surface area contributed by atoms with Gasteiger partial charge in [-0.1, -0.05) is 17.7 Å². The van der Waals surface area contributed by atoms with E-state index < -0.39 is 0 Å². The summed E-state index contributed by atoms with van der Waals surface area (Å²) in [7, 11) is 0. The highest BCUT2D eigenvalue weighted by molar-refractivity contribution is 5.77. The fourth-order valence-corrected chi connectivity index (χ4v) is 2.08. The smallest absolute Gasteiger partial charge is 0.310 e. The van der Waals surface area contributed by atoms with Gasteiger partial charge in [-0.15, -0.1) is 0 Å². The normalized spacial score (nSPS) is 32.3. The summed E-state index contributed by atoms with van der Waals surface area (Å²) >= 11 is 0. The molecule has 2 nitrogen and oxygen atoms in total. The van der Waals surface area contributed by atoms with E-state index >= 15 is 0 Å². The number of carbonyl (C=O) groups excluding carboxylic acids is 1. The summed E-state index contributed by atoms with van der Waals surface area (Å²) in [5.41, 5.74) is 1.19. The van der Waals surface area contributed by atoms with E-state index in [1.165, 1.54) is 5.57 Å². The van der Waals surface area contributed by atoms with Crippen molar-refractivity contribution < 1.29 is 9.53 Å². The Labute approximate surface area is 84.6 Å². The van der Waals surface area contributed by atoms with Crippen LogP contribution in [0.25, 0.3) is 0 Å². The van der Waals surface area contributed by atoms with Crippen LogP contribution < -0.4 is 0 Å². The number of rotatable bonds is 3. The standard InChI is InChI=1S/C12H16O2/c1-8(2)6-7-14-12(13)11-9-4-3-5-10(9)11/h3-4,6,9-11H,5,7H2,1-2H3/t9-,10+,11+/m1/s1. The van der Waals surface area contributed by atoms with E-state index in [4.69, 9.17) is 4.74 Å². The first-order valence-corrected chi connectivity index (χ1v) is 5.17. The Balaban J connectivity index is 1.75. The molecule has 0 aliphatic heterocycles. The van der Waals surface area contributed by atoms with Crippen molar-refractivity contribution in [2.45, 2.75) is 20.3 Å². The number of carbonyl (C=O) groups is 1. The van der Waals surface area contributed by atoms with Crippen LogP contribution in [-0.2, 0) is 9.53 Å². The zero-order chi connectivity index (χ0) is 10.1. The number of esters is 1. The van der Waals surface area contributed by atoms with E-state index in [1.54, 1.807) is 0 Å². The van der Waals surface area contributed by atoms with Gasteiger partial charge < -0.3 is 4.74 Å². The van der Waals surface area contributed by atoms with Crippen LogP contribution in [0.3, 0.4) is 0 Å². The van der Waals surface area contributed by atoms with Gasteiger partial charge in [-0.3, -0.25) is 4.79 Å². The fraction of sp³-hybridized carbons (Fsp3) is 0.583. The molecule has 1 saturated carbocycles. The third kappa shape index (κ3) is 1.74. The molecule has 0 unspecified atom stereocenters. The molecule has 0 heterocycles. The van der Waals surface area contributed by atoms with Gasteiger partial charge >= 0.3 is 5.97 Å². The van der Waals surface area contributed by atoms with Crippen LogP contribution in [0.2, 0.25) is 0 Å². The van der Waals surface area contributed by atoms with Gasteiger partial charge in [0, 0.05) is 0 Å². The van der Waals surface area contributed by atoms with Gasteiger partial charge in [0.2, 0.25) is 0 Å². The highest BCUT2D eigenvalue weighted by atomic mass is 16.5. The lowest BCUT2D eigenvalue weighted by molar-refractivity contribution is -0.144. The van der Waals surface area contributed by atoms with Crippen LogP contribution in [0.1, 0.15) is 20.3 Å². The Bertz CT molecular complexity index is 297. The number of fused-ring (bicyclic) bond motifs is 1. The van der Waals surface area contributed by atoms with Gasteiger partial charge in [0.25, 0.3) is 0 Å². The van der Waals surface area contributed by atoms with E-state index in [9.17, 15) is 4.79 Å². The van der Waals surface area contributed by atoms with Crippen molar-refractivity contribution >= 4 is 5.97 Å². The second kappa shape index (κ2) is 3.60. The first-order valence-electron chi connectivity index (χ1n) is 5.17. The average Bonchev–Trinajstić information content (AvgIpc) is 2.60. The predicted molar refractivity (Wildman–Crippen MR) is 54.6 cm³/mol. The third-order valence-corrected chi connectivity index (χ3v) is 2.99. The van der Waals surface area contributed by atoms with Crippen LogP contribution in [0, 0.1) is 17.8 Å². The molecule has 0 aromatic rings. The summed E-state index contributed by atoms with van der Waals surface area (Å²) in [6, 6.07) is 0. The van der Waals surface area contributed by atoms with Crippen LogP contribution in [0.4, 0.5) is 0 Å². The van der Waals surface area contributed by atoms with Gasteiger partial charge in [-0.25, -0.2) is 0 Å². The van der Waals surface area contributed by atoms with E-state index in [-0.39, 0.29) is 11.9 Å². The van der Waals surface area contributed by atoms with E-state index in [1.807, 2.05) is 19.9 Å². The summed E-state index contributed by atoms with van der Waals surface area (Å²) in [4.78, 5) is 11.5. The molecule has 0 radical (unpaired) electrons. The van der Waals surface area contributed by atoms with E-state index in [0.717, 1.165) is 6.42 Å². The molecular formula is C12H16O2. The van der Waals surface area contributed by atoms with Crippen LogP contribution in [-0.4, -0.2) is 12.6 Å². The SMILES string of the molecule is CC(C)=CCOC(=O)[C@H]1[C@@H]2C=CC[C@@H]21. The molecule has 0 bridgehead atoms. The van der Waals surface area contributed by atoms with Gasteiger partial charge in [-0.2, -0.15) is 0 Å². The molecule has 1 fully saturated rings.